The van der Waals surface area contributed by atoms with Crippen molar-refractivity contribution in [2.75, 3.05) is 10.6 Å². The van der Waals surface area contributed by atoms with Gasteiger partial charge in [0.15, 0.2) is 0 Å². The highest BCUT2D eigenvalue weighted by atomic mass is 35.5. The summed E-state index contributed by atoms with van der Waals surface area (Å²) in [5, 5.41) is 6.33. The lowest BCUT2D eigenvalue weighted by molar-refractivity contribution is 0.262. The van der Waals surface area contributed by atoms with Crippen LogP contribution in [0.3, 0.4) is 0 Å². The molecule has 0 saturated heterocycles. The number of fused-ring (bicyclic) bond motifs is 1. The Bertz CT molecular complexity index is 923. The van der Waals surface area contributed by atoms with Crippen LogP contribution in [0.2, 0.25) is 10.0 Å². The number of halogens is 2. The number of nitrogens with zero attached hydrogens (tertiary/aromatic N) is 2. The number of hydrogen-bond donors (Lipinski definition) is 2. The van der Waals surface area contributed by atoms with Gasteiger partial charge in [-0.2, -0.15) is 0 Å². The van der Waals surface area contributed by atoms with Gasteiger partial charge < -0.3 is 10.6 Å². The van der Waals surface area contributed by atoms with Crippen LogP contribution in [-0.4, -0.2) is 16.0 Å². The molecule has 0 bridgehead atoms. The van der Waals surface area contributed by atoms with Gasteiger partial charge in [-0.05, 0) is 50.2 Å². The van der Waals surface area contributed by atoms with E-state index >= 15 is 0 Å². The van der Waals surface area contributed by atoms with Crippen LogP contribution in [0.5, 0.6) is 0 Å². The predicted octanol–water partition coefficient (Wildman–Crippen LogP) is 5.20. The van der Waals surface area contributed by atoms with Crippen LogP contribution in [0.4, 0.5) is 16.2 Å². The Hall–Kier alpha value is -2.37. The first-order valence-electron chi connectivity index (χ1n) is 7.20. The van der Waals surface area contributed by atoms with Crippen molar-refractivity contribution in [1.29, 1.82) is 0 Å². The quantitative estimate of drug-likeness (QED) is 0.659. The number of nitrogens with one attached hydrogen (secondary N) is 2. The molecule has 0 aliphatic rings. The third-order valence-electron chi connectivity index (χ3n) is 3.45. The van der Waals surface area contributed by atoms with Gasteiger partial charge in [0.1, 0.15) is 0 Å². The molecule has 2 amide bonds. The van der Waals surface area contributed by atoms with Crippen LogP contribution in [0.15, 0.2) is 36.4 Å². The van der Waals surface area contributed by atoms with Crippen molar-refractivity contribution < 1.29 is 4.79 Å². The molecule has 0 saturated carbocycles. The molecule has 0 unspecified atom stereocenters. The molecular weight excluding hydrogens is 347 g/mol. The fourth-order valence-corrected chi connectivity index (χ4v) is 2.75. The topological polar surface area (TPSA) is 66.9 Å². The summed E-state index contributed by atoms with van der Waals surface area (Å²) in [6.07, 6.45) is 0. The second kappa shape index (κ2) is 6.63. The molecule has 0 radical (unpaired) electrons. The predicted molar refractivity (Wildman–Crippen MR) is 98.1 cm³/mol. The SMILES string of the molecule is Cc1nc2ccc(NC(=O)Nc3cc(Cl)cc(Cl)c3)cc2nc1C. The lowest BCUT2D eigenvalue weighted by Gasteiger charge is -2.09. The fraction of sp³-hybridized carbons (Fsp3) is 0.118. The van der Waals surface area contributed by atoms with Gasteiger partial charge in [0.05, 0.1) is 22.4 Å². The minimum Gasteiger partial charge on any atom is -0.308 e. The van der Waals surface area contributed by atoms with Crippen molar-refractivity contribution >= 4 is 51.6 Å². The van der Waals surface area contributed by atoms with Crippen molar-refractivity contribution in [2.45, 2.75) is 13.8 Å². The van der Waals surface area contributed by atoms with Crippen LogP contribution in [-0.2, 0) is 0 Å². The molecular formula is C17H14Cl2N4O. The summed E-state index contributed by atoms with van der Waals surface area (Å²) in [4.78, 5) is 21.1. The number of benzene rings is 2. The van der Waals surface area contributed by atoms with Gasteiger partial charge in [-0.25, -0.2) is 14.8 Å². The van der Waals surface area contributed by atoms with Crippen LogP contribution < -0.4 is 10.6 Å². The molecule has 1 heterocycles. The molecule has 3 rings (SSSR count). The van der Waals surface area contributed by atoms with E-state index in [1.54, 1.807) is 30.3 Å². The zero-order valence-electron chi connectivity index (χ0n) is 13.0. The second-order valence-electron chi connectivity index (χ2n) is 5.34. The van der Waals surface area contributed by atoms with Crippen molar-refractivity contribution in [3.63, 3.8) is 0 Å². The zero-order chi connectivity index (χ0) is 17.3. The molecule has 2 N–H and O–H groups in total. The van der Waals surface area contributed by atoms with E-state index in [0.29, 0.717) is 21.4 Å². The number of rotatable bonds is 2. The molecule has 0 spiro atoms. The van der Waals surface area contributed by atoms with E-state index in [1.165, 1.54) is 0 Å². The van der Waals surface area contributed by atoms with Crippen LogP contribution in [0.1, 0.15) is 11.4 Å². The lowest BCUT2D eigenvalue weighted by atomic mass is 10.2. The Morgan fingerprint density at radius 3 is 2.08 bits per heavy atom. The normalized spacial score (nSPS) is 10.7. The number of urea groups is 1. The Labute approximate surface area is 149 Å². The van der Waals surface area contributed by atoms with Crippen LogP contribution >= 0.6 is 23.2 Å². The molecule has 2 aromatic carbocycles. The molecule has 5 nitrogen and oxygen atoms in total. The molecule has 0 aliphatic carbocycles. The molecule has 24 heavy (non-hydrogen) atoms. The van der Waals surface area contributed by atoms with E-state index in [4.69, 9.17) is 23.2 Å². The fourth-order valence-electron chi connectivity index (χ4n) is 2.23. The molecule has 0 atom stereocenters. The van der Waals surface area contributed by atoms with Gasteiger partial charge in [-0.15, -0.1) is 0 Å². The summed E-state index contributed by atoms with van der Waals surface area (Å²) < 4.78 is 0. The summed E-state index contributed by atoms with van der Waals surface area (Å²) in [5.74, 6) is 0. The highest BCUT2D eigenvalue weighted by molar-refractivity contribution is 6.35. The number of aryl methyl sites for hydroxylation is 2. The Morgan fingerprint density at radius 1 is 0.833 bits per heavy atom. The number of amides is 2. The number of aromatic nitrogens is 2. The number of hydrogen-bond acceptors (Lipinski definition) is 3. The molecule has 0 aliphatic heterocycles. The first-order chi connectivity index (χ1) is 11.4. The van der Waals surface area contributed by atoms with Gasteiger partial charge in [0.2, 0.25) is 0 Å². The first-order valence-corrected chi connectivity index (χ1v) is 7.95. The average molecular weight is 361 g/mol. The summed E-state index contributed by atoms with van der Waals surface area (Å²) >= 11 is 11.8. The van der Waals surface area contributed by atoms with Crippen molar-refractivity contribution in [2.24, 2.45) is 0 Å². The Morgan fingerprint density at radius 2 is 1.42 bits per heavy atom. The molecule has 3 aromatic rings. The van der Waals surface area contributed by atoms with E-state index in [2.05, 4.69) is 20.6 Å². The minimum atomic E-state index is -0.399. The van der Waals surface area contributed by atoms with Crippen molar-refractivity contribution in [3.05, 3.63) is 57.8 Å². The third kappa shape index (κ3) is 3.75. The Kier molecular flexibility index (Phi) is 4.55. The summed E-state index contributed by atoms with van der Waals surface area (Å²) in [5.41, 5.74) is 4.38. The van der Waals surface area contributed by atoms with Gasteiger partial charge in [-0.1, -0.05) is 23.2 Å². The van der Waals surface area contributed by atoms with E-state index in [9.17, 15) is 4.79 Å². The maximum absolute atomic E-state index is 12.1. The number of anilines is 2. The molecule has 7 heteroatoms. The maximum atomic E-state index is 12.1. The summed E-state index contributed by atoms with van der Waals surface area (Å²) in [6, 6.07) is 9.80. The summed E-state index contributed by atoms with van der Waals surface area (Å²) in [6.45, 7) is 3.81. The molecule has 0 fully saturated rings. The number of carbonyl (C=O) groups excluding carboxylic acids is 1. The van der Waals surface area contributed by atoms with Crippen molar-refractivity contribution in [3.8, 4) is 0 Å². The van der Waals surface area contributed by atoms with E-state index in [1.807, 2.05) is 19.9 Å². The third-order valence-corrected chi connectivity index (χ3v) is 3.89. The second-order valence-corrected chi connectivity index (χ2v) is 6.21. The largest absolute Gasteiger partial charge is 0.323 e. The number of carbonyl (C=O) groups is 1. The van der Waals surface area contributed by atoms with Gasteiger partial charge >= 0.3 is 6.03 Å². The maximum Gasteiger partial charge on any atom is 0.323 e. The summed E-state index contributed by atoms with van der Waals surface area (Å²) in [7, 11) is 0. The Balaban J connectivity index is 1.78. The molecule has 1 aromatic heterocycles. The minimum absolute atomic E-state index is 0.399. The smallest absolute Gasteiger partial charge is 0.308 e. The lowest BCUT2D eigenvalue weighted by Crippen LogP contribution is -2.19. The van der Waals surface area contributed by atoms with E-state index in [-0.39, 0.29) is 0 Å². The van der Waals surface area contributed by atoms with E-state index in [0.717, 1.165) is 22.4 Å². The van der Waals surface area contributed by atoms with Gasteiger partial charge in [0, 0.05) is 21.4 Å². The van der Waals surface area contributed by atoms with Crippen molar-refractivity contribution in [1.82, 2.24) is 9.97 Å². The monoisotopic (exact) mass is 360 g/mol. The molecule has 122 valence electrons. The van der Waals surface area contributed by atoms with E-state index < -0.39 is 6.03 Å². The van der Waals surface area contributed by atoms with Gasteiger partial charge in [0.25, 0.3) is 0 Å². The highest BCUT2D eigenvalue weighted by Crippen LogP contribution is 2.23. The average Bonchev–Trinajstić information content (AvgIpc) is 2.47. The van der Waals surface area contributed by atoms with Gasteiger partial charge in [-0.3, -0.25) is 0 Å². The van der Waals surface area contributed by atoms with Crippen LogP contribution in [0, 0.1) is 13.8 Å². The standard InChI is InChI=1S/C17H14Cl2N4O/c1-9-10(2)21-16-8-13(3-4-15(16)20-9)22-17(24)23-14-6-11(18)5-12(19)7-14/h3-8H,1-2H3,(H2,22,23,24). The highest BCUT2D eigenvalue weighted by Gasteiger charge is 2.07. The zero-order valence-corrected chi connectivity index (χ0v) is 14.5. The first kappa shape index (κ1) is 16.5. The van der Waals surface area contributed by atoms with Crippen LogP contribution in [0.25, 0.3) is 11.0 Å².